The highest BCUT2D eigenvalue weighted by molar-refractivity contribution is 9.10. The Hall–Kier alpha value is -1.35. The molecule has 0 aromatic carbocycles. The number of methoxy groups -OCH3 is 1. The topological polar surface area (TPSA) is 90.9 Å². The molecule has 2 rings (SSSR count). The smallest absolute Gasteiger partial charge is 0.115 e. The van der Waals surface area contributed by atoms with Crippen molar-refractivity contribution in [2.24, 2.45) is 5.84 Å². The van der Waals surface area contributed by atoms with Gasteiger partial charge in [-0.1, -0.05) is 0 Å². The fraction of sp³-hybridized carbons (Fsp3) is 0.364. The molecule has 2 aromatic heterocycles. The average molecular weight is 327 g/mol. The van der Waals surface area contributed by atoms with Gasteiger partial charge in [-0.2, -0.15) is 5.10 Å². The van der Waals surface area contributed by atoms with Crippen LogP contribution < -0.4 is 11.3 Å². The quantitative estimate of drug-likeness (QED) is 0.597. The van der Waals surface area contributed by atoms with Crippen LogP contribution in [0.2, 0.25) is 0 Å². The molecule has 102 valence electrons. The summed E-state index contributed by atoms with van der Waals surface area (Å²) in [5.74, 6) is 5.66. The molecule has 8 heteroatoms. The molecule has 0 saturated carbocycles. The van der Waals surface area contributed by atoms with Crippen LogP contribution in [0.5, 0.6) is 0 Å². The standard InChI is InChI=1S/C11H15BrN6O/c1-19-5-4-18-11(8(12)6-16-18)10(17-13)9-2-3-14-7-15-9/h2-3,6-7,10,17H,4-5,13H2,1H3. The van der Waals surface area contributed by atoms with Gasteiger partial charge in [0.1, 0.15) is 12.4 Å². The molecule has 0 saturated heterocycles. The van der Waals surface area contributed by atoms with Crippen molar-refractivity contribution in [3.05, 3.63) is 40.6 Å². The number of nitrogens with one attached hydrogen (secondary N) is 1. The van der Waals surface area contributed by atoms with Gasteiger partial charge in [0.15, 0.2) is 0 Å². The summed E-state index contributed by atoms with van der Waals surface area (Å²) in [5, 5.41) is 4.30. The largest absolute Gasteiger partial charge is 0.383 e. The summed E-state index contributed by atoms with van der Waals surface area (Å²) in [7, 11) is 1.65. The molecule has 19 heavy (non-hydrogen) atoms. The van der Waals surface area contributed by atoms with E-state index in [0.717, 1.165) is 15.9 Å². The first kappa shape index (κ1) is 14.1. The number of hydrogen-bond donors (Lipinski definition) is 2. The molecule has 0 radical (unpaired) electrons. The molecule has 0 aliphatic carbocycles. The monoisotopic (exact) mass is 326 g/mol. The first-order valence-corrected chi connectivity index (χ1v) is 6.49. The molecule has 1 atom stereocenters. The maximum absolute atomic E-state index is 5.66. The molecule has 1 unspecified atom stereocenters. The van der Waals surface area contributed by atoms with Gasteiger partial charge in [-0.25, -0.2) is 15.4 Å². The van der Waals surface area contributed by atoms with Gasteiger partial charge in [0, 0.05) is 13.3 Å². The zero-order valence-electron chi connectivity index (χ0n) is 10.5. The Kier molecular flexibility index (Phi) is 4.97. The number of hydrazine groups is 1. The first-order chi connectivity index (χ1) is 9.27. The van der Waals surface area contributed by atoms with Crippen LogP contribution in [0.4, 0.5) is 0 Å². The highest BCUT2D eigenvalue weighted by atomic mass is 79.9. The summed E-state index contributed by atoms with van der Waals surface area (Å²) in [5.41, 5.74) is 4.43. The number of ether oxygens (including phenoxy) is 1. The molecule has 0 aliphatic heterocycles. The van der Waals surface area contributed by atoms with Gasteiger partial charge >= 0.3 is 0 Å². The Morgan fingerprint density at radius 1 is 1.58 bits per heavy atom. The van der Waals surface area contributed by atoms with E-state index in [9.17, 15) is 0 Å². The molecule has 0 amide bonds. The second-order valence-electron chi connectivity index (χ2n) is 3.83. The molecule has 0 aliphatic rings. The highest BCUT2D eigenvalue weighted by Crippen LogP contribution is 2.26. The average Bonchev–Trinajstić information content (AvgIpc) is 2.80. The molecule has 0 spiro atoms. The summed E-state index contributed by atoms with van der Waals surface area (Å²) >= 11 is 3.48. The van der Waals surface area contributed by atoms with Crippen molar-refractivity contribution in [3.8, 4) is 0 Å². The van der Waals surface area contributed by atoms with Gasteiger partial charge in [0.05, 0.1) is 35.2 Å². The number of hydrogen-bond acceptors (Lipinski definition) is 6. The Morgan fingerprint density at radius 3 is 3.05 bits per heavy atom. The van der Waals surface area contributed by atoms with Crippen molar-refractivity contribution >= 4 is 15.9 Å². The van der Waals surface area contributed by atoms with Crippen LogP contribution in [0.1, 0.15) is 17.4 Å². The third-order valence-electron chi connectivity index (χ3n) is 2.68. The van der Waals surface area contributed by atoms with E-state index in [-0.39, 0.29) is 6.04 Å². The van der Waals surface area contributed by atoms with Crippen LogP contribution in [-0.4, -0.2) is 33.5 Å². The minimum Gasteiger partial charge on any atom is -0.383 e. The molecule has 0 fully saturated rings. The highest BCUT2D eigenvalue weighted by Gasteiger charge is 2.21. The molecule has 2 heterocycles. The maximum Gasteiger partial charge on any atom is 0.115 e. The predicted molar refractivity (Wildman–Crippen MR) is 73.0 cm³/mol. The number of halogens is 1. The minimum atomic E-state index is -0.267. The van der Waals surface area contributed by atoms with Crippen molar-refractivity contribution in [2.45, 2.75) is 12.6 Å². The number of aromatic nitrogens is 4. The van der Waals surface area contributed by atoms with E-state index in [2.05, 4.69) is 36.4 Å². The summed E-state index contributed by atoms with van der Waals surface area (Å²) in [6.07, 6.45) is 4.90. The van der Waals surface area contributed by atoms with Crippen LogP contribution in [0.15, 0.2) is 29.3 Å². The predicted octanol–water partition coefficient (Wildman–Crippen LogP) is 0.635. The SMILES string of the molecule is COCCn1ncc(Br)c1C(NN)c1ccncn1. The Balaban J connectivity index is 2.35. The van der Waals surface area contributed by atoms with Crippen LogP contribution >= 0.6 is 15.9 Å². The van der Waals surface area contributed by atoms with Crippen molar-refractivity contribution in [1.29, 1.82) is 0 Å². The summed E-state index contributed by atoms with van der Waals surface area (Å²) in [6.45, 7) is 1.21. The van der Waals surface area contributed by atoms with Crippen molar-refractivity contribution in [1.82, 2.24) is 25.2 Å². The van der Waals surface area contributed by atoms with Crippen LogP contribution in [0.25, 0.3) is 0 Å². The van der Waals surface area contributed by atoms with Gasteiger partial charge in [-0.15, -0.1) is 0 Å². The molecule has 7 nitrogen and oxygen atoms in total. The fourth-order valence-electron chi connectivity index (χ4n) is 1.79. The van der Waals surface area contributed by atoms with Crippen molar-refractivity contribution in [3.63, 3.8) is 0 Å². The Morgan fingerprint density at radius 2 is 2.42 bits per heavy atom. The lowest BCUT2D eigenvalue weighted by Gasteiger charge is -2.17. The normalized spacial score (nSPS) is 12.6. The van der Waals surface area contributed by atoms with E-state index in [1.807, 2.05) is 10.7 Å². The second kappa shape index (κ2) is 6.71. The third-order valence-corrected chi connectivity index (χ3v) is 3.29. The Labute approximate surface area is 119 Å². The van der Waals surface area contributed by atoms with Gasteiger partial charge in [-0.05, 0) is 22.0 Å². The van der Waals surface area contributed by atoms with Gasteiger partial charge < -0.3 is 4.74 Å². The lowest BCUT2D eigenvalue weighted by Crippen LogP contribution is -2.32. The number of rotatable bonds is 6. The van der Waals surface area contributed by atoms with Gasteiger partial charge in [-0.3, -0.25) is 10.5 Å². The van der Waals surface area contributed by atoms with Crippen LogP contribution in [0, 0.1) is 0 Å². The van der Waals surface area contributed by atoms with Gasteiger partial charge in [0.2, 0.25) is 0 Å². The van der Waals surface area contributed by atoms with Crippen LogP contribution in [0.3, 0.4) is 0 Å². The van der Waals surface area contributed by atoms with Crippen LogP contribution in [-0.2, 0) is 11.3 Å². The van der Waals surface area contributed by atoms with E-state index in [1.54, 1.807) is 19.5 Å². The van der Waals surface area contributed by atoms with E-state index >= 15 is 0 Å². The summed E-state index contributed by atoms with van der Waals surface area (Å²) in [4.78, 5) is 8.13. The molecule has 3 N–H and O–H groups in total. The molecule has 2 aromatic rings. The Bertz CT molecular complexity index is 517. The number of nitrogens with zero attached hydrogens (tertiary/aromatic N) is 4. The van der Waals surface area contributed by atoms with E-state index in [1.165, 1.54) is 6.33 Å². The third kappa shape index (κ3) is 3.16. The zero-order chi connectivity index (χ0) is 13.7. The molecular formula is C11H15BrN6O. The molecular weight excluding hydrogens is 312 g/mol. The van der Waals surface area contributed by atoms with Crippen molar-refractivity contribution in [2.75, 3.05) is 13.7 Å². The van der Waals surface area contributed by atoms with Gasteiger partial charge in [0.25, 0.3) is 0 Å². The first-order valence-electron chi connectivity index (χ1n) is 5.70. The second-order valence-corrected chi connectivity index (χ2v) is 4.68. The number of nitrogens with two attached hydrogens (primary N) is 1. The summed E-state index contributed by atoms with van der Waals surface area (Å²) in [6, 6.07) is 1.54. The fourth-order valence-corrected chi connectivity index (χ4v) is 2.32. The van der Waals surface area contributed by atoms with Crippen molar-refractivity contribution < 1.29 is 4.74 Å². The lowest BCUT2D eigenvalue weighted by atomic mass is 10.1. The maximum atomic E-state index is 5.66. The summed E-state index contributed by atoms with van der Waals surface area (Å²) < 4.78 is 7.78. The van der Waals surface area contributed by atoms with E-state index in [0.29, 0.717) is 13.2 Å². The molecule has 0 bridgehead atoms. The lowest BCUT2D eigenvalue weighted by molar-refractivity contribution is 0.182. The van der Waals surface area contributed by atoms with E-state index in [4.69, 9.17) is 10.6 Å². The zero-order valence-corrected chi connectivity index (χ0v) is 12.0. The minimum absolute atomic E-state index is 0.267. The van der Waals surface area contributed by atoms with E-state index < -0.39 is 0 Å².